The zero-order chi connectivity index (χ0) is 25.7. The first kappa shape index (κ1) is 28.3. The van der Waals surface area contributed by atoms with Gasteiger partial charge in [-0.15, -0.1) is 12.4 Å². The lowest BCUT2D eigenvalue weighted by molar-refractivity contribution is 0.203. The molecule has 0 aliphatic carbocycles. The molecule has 0 unspecified atom stereocenters. The van der Waals surface area contributed by atoms with E-state index in [2.05, 4.69) is 31.4 Å². The number of hydrogen-bond donors (Lipinski definition) is 4. The Morgan fingerprint density at radius 1 is 1.05 bits per heavy atom. The molecule has 200 valence electrons. The van der Waals surface area contributed by atoms with Crippen LogP contribution in [0, 0.1) is 18.6 Å². The second-order valence-electron chi connectivity index (χ2n) is 8.59. The maximum Gasteiger partial charge on any atom is 0.224 e. The number of nitrogen functional groups attached to an aromatic ring is 1. The minimum absolute atomic E-state index is 0. The van der Waals surface area contributed by atoms with Gasteiger partial charge in [0.25, 0.3) is 0 Å². The van der Waals surface area contributed by atoms with E-state index in [-0.39, 0.29) is 31.6 Å². The van der Waals surface area contributed by atoms with Gasteiger partial charge in [0, 0.05) is 56.1 Å². The average molecular weight is 537 g/mol. The number of nitrogens with two attached hydrogens (primary N) is 1. The Morgan fingerprint density at radius 3 is 2.38 bits per heavy atom. The molecule has 0 radical (unpaired) electrons. The van der Waals surface area contributed by atoms with E-state index in [9.17, 15) is 19.0 Å². The zero-order valence-corrected chi connectivity index (χ0v) is 21.2. The summed E-state index contributed by atoms with van der Waals surface area (Å²) in [4.78, 5) is 12.6. The van der Waals surface area contributed by atoms with Gasteiger partial charge in [0.15, 0.2) is 5.82 Å². The Balaban J connectivity index is 0.00000380. The summed E-state index contributed by atoms with van der Waals surface area (Å²) in [5.41, 5.74) is 8.19. The van der Waals surface area contributed by atoms with Crippen molar-refractivity contribution in [2.75, 3.05) is 61.9 Å². The molecule has 2 aromatic heterocycles. The van der Waals surface area contributed by atoms with Gasteiger partial charge in [-0.05, 0) is 19.1 Å². The Kier molecular flexibility index (Phi) is 9.75. The van der Waals surface area contributed by atoms with Crippen LogP contribution < -0.4 is 16.0 Å². The van der Waals surface area contributed by atoms with Crippen molar-refractivity contribution in [3.63, 3.8) is 0 Å². The number of aromatic nitrogens is 4. The number of hydrogen-bond acceptors (Lipinski definition) is 9. The van der Waals surface area contributed by atoms with Gasteiger partial charge in [0.05, 0.1) is 31.1 Å². The number of nitrogens with one attached hydrogen (secondary N) is 1. The molecule has 1 fully saturated rings. The summed E-state index contributed by atoms with van der Waals surface area (Å²) in [5, 5.41) is 25.9. The normalized spacial score (nSPS) is 14.4. The number of anilines is 3. The highest BCUT2D eigenvalue weighted by Gasteiger charge is 2.18. The minimum atomic E-state index is -0.568. The molecule has 10 nitrogen and oxygen atoms in total. The van der Waals surface area contributed by atoms with Crippen molar-refractivity contribution >= 4 is 35.9 Å². The van der Waals surface area contributed by atoms with Gasteiger partial charge in [-0.3, -0.25) is 4.90 Å². The molecule has 4 rings (SSSR count). The fourth-order valence-corrected chi connectivity index (χ4v) is 4.05. The number of piperazine rings is 1. The lowest BCUT2D eigenvalue weighted by Crippen LogP contribution is -2.46. The molecule has 13 heteroatoms. The fraction of sp³-hybridized carbons (Fsp3) is 0.375. The lowest BCUT2D eigenvalue weighted by Gasteiger charge is -2.35. The highest BCUT2D eigenvalue weighted by molar-refractivity contribution is 5.85. The van der Waals surface area contributed by atoms with Crippen molar-refractivity contribution < 1.29 is 19.0 Å². The van der Waals surface area contributed by atoms with Crippen molar-refractivity contribution in [3.8, 4) is 5.82 Å². The molecule has 1 aliphatic rings. The van der Waals surface area contributed by atoms with Crippen molar-refractivity contribution in [1.82, 2.24) is 24.6 Å². The summed E-state index contributed by atoms with van der Waals surface area (Å²) in [6.45, 7) is 5.05. The van der Waals surface area contributed by atoms with E-state index >= 15 is 0 Å². The van der Waals surface area contributed by atoms with Crippen LogP contribution in [0.3, 0.4) is 0 Å². The molecule has 0 atom stereocenters. The third kappa shape index (κ3) is 7.13. The maximum atomic E-state index is 13.5. The standard InChI is InChI=1S/C24H30F2N8O2.ClH/c1-16-17(13-28-34(16)23-12-22(30-24(27)31-23)29-20(14-35)15-36)3-2-4-32-5-7-33(8-6-32)21-10-18(25)9-19(26)11-21;/h2-3,9-13,20,35-36H,4-8,14-15H2,1H3,(H3,27,29,30,31);1H/b3-2+;. The summed E-state index contributed by atoms with van der Waals surface area (Å²) in [7, 11) is 0. The van der Waals surface area contributed by atoms with Crippen LogP contribution in [0.5, 0.6) is 0 Å². The Bertz CT molecular complexity index is 1190. The Labute approximate surface area is 219 Å². The van der Waals surface area contributed by atoms with E-state index in [4.69, 9.17) is 5.73 Å². The fourth-order valence-electron chi connectivity index (χ4n) is 4.05. The number of halogens is 3. The van der Waals surface area contributed by atoms with Crippen LogP contribution >= 0.6 is 12.4 Å². The first-order valence-corrected chi connectivity index (χ1v) is 11.6. The molecule has 0 spiro atoms. The second-order valence-corrected chi connectivity index (χ2v) is 8.59. The lowest BCUT2D eigenvalue weighted by atomic mass is 10.2. The summed E-state index contributed by atoms with van der Waals surface area (Å²) in [5.74, 6) is -0.262. The van der Waals surface area contributed by atoms with Crippen LogP contribution in [-0.4, -0.2) is 86.8 Å². The molecule has 3 heterocycles. The topological polar surface area (TPSA) is 129 Å². The highest BCUT2D eigenvalue weighted by atomic mass is 35.5. The monoisotopic (exact) mass is 536 g/mol. The first-order chi connectivity index (χ1) is 17.4. The number of aliphatic hydroxyl groups is 2. The molecule has 5 N–H and O–H groups in total. The SMILES string of the molecule is Cc1c(/C=C/CN2CCN(c3cc(F)cc(F)c3)CC2)cnn1-c1cc(NC(CO)CO)nc(N)n1.Cl. The summed E-state index contributed by atoms with van der Waals surface area (Å²) in [6.07, 6.45) is 5.78. The second kappa shape index (κ2) is 12.8. The van der Waals surface area contributed by atoms with Crippen LogP contribution in [0.4, 0.5) is 26.2 Å². The van der Waals surface area contributed by atoms with E-state index in [0.29, 0.717) is 30.4 Å². The molecular formula is C24H31ClF2N8O2. The van der Waals surface area contributed by atoms with Gasteiger partial charge in [-0.2, -0.15) is 15.1 Å². The summed E-state index contributed by atoms with van der Waals surface area (Å²) >= 11 is 0. The molecule has 1 aromatic carbocycles. The summed E-state index contributed by atoms with van der Waals surface area (Å²) < 4.78 is 28.7. The van der Waals surface area contributed by atoms with E-state index in [1.807, 2.05) is 17.9 Å². The van der Waals surface area contributed by atoms with E-state index < -0.39 is 17.7 Å². The predicted molar refractivity (Wildman–Crippen MR) is 141 cm³/mol. The number of nitrogens with zero attached hydrogens (tertiary/aromatic N) is 6. The van der Waals surface area contributed by atoms with Crippen LogP contribution in [0.25, 0.3) is 11.9 Å². The van der Waals surface area contributed by atoms with Gasteiger partial charge in [0.2, 0.25) is 5.95 Å². The van der Waals surface area contributed by atoms with Crippen molar-refractivity contribution in [3.05, 3.63) is 59.4 Å². The molecule has 0 saturated carbocycles. The summed E-state index contributed by atoms with van der Waals surface area (Å²) in [6, 6.07) is 4.68. The molecular weight excluding hydrogens is 506 g/mol. The molecule has 1 aliphatic heterocycles. The molecule has 37 heavy (non-hydrogen) atoms. The van der Waals surface area contributed by atoms with Crippen LogP contribution in [-0.2, 0) is 0 Å². The Morgan fingerprint density at radius 2 is 1.73 bits per heavy atom. The number of benzene rings is 1. The van der Waals surface area contributed by atoms with E-state index in [1.165, 1.54) is 12.1 Å². The smallest absolute Gasteiger partial charge is 0.224 e. The average Bonchev–Trinajstić information content (AvgIpc) is 3.22. The maximum absolute atomic E-state index is 13.5. The van der Waals surface area contributed by atoms with Gasteiger partial charge < -0.3 is 26.2 Å². The zero-order valence-electron chi connectivity index (χ0n) is 20.4. The van der Waals surface area contributed by atoms with E-state index in [0.717, 1.165) is 37.0 Å². The first-order valence-electron chi connectivity index (χ1n) is 11.6. The van der Waals surface area contributed by atoms with Crippen molar-refractivity contribution in [2.24, 2.45) is 0 Å². The predicted octanol–water partition coefficient (Wildman–Crippen LogP) is 1.85. The van der Waals surface area contributed by atoms with Gasteiger partial charge in [-0.1, -0.05) is 12.2 Å². The molecule has 0 amide bonds. The molecule has 0 bridgehead atoms. The van der Waals surface area contributed by atoms with Crippen LogP contribution in [0.1, 0.15) is 11.3 Å². The minimum Gasteiger partial charge on any atom is -0.394 e. The van der Waals surface area contributed by atoms with Crippen molar-refractivity contribution in [1.29, 1.82) is 0 Å². The van der Waals surface area contributed by atoms with Gasteiger partial charge in [0.1, 0.15) is 17.5 Å². The van der Waals surface area contributed by atoms with Crippen molar-refractivity contribution in [2.45, 2.75) is 13.0 Å². The van der Waals surface area contributed by atoms with E-state index in [1.54, 1.807) is 16.9 Å². The highest BCUT2D eigenvalue weighted by Crippen LogP contribution is 2.20. The third-order valence-corrected chi connectivity index (χ3v) is 6.03. The molecule has 1 saturated heterocycles. The van der Waals surface area contributed by atoms with Gasteiger partial charge >= 0.3 is 0 Å². The third-order valence-electron chi connectivity index (χ3n) is 6.03. The number of rotatable bonds is 9. The van der Waals surface area contributed by atoms with Crippen LogP contribution in [0.2, 0.25) is 0 Å². The number of aliphatic hydroxyl groups excluding tert-OH is 2. The largest absolute Gasteiger partial charge is 0.394 e. The molecule has 3 aromatic rings. The quantitative estimate of drug-likeness (QED) is 0.324. The van der Waals surface area contributed by atoms with Gasteiger partial charge in [-0.25, -0.2) is 13.5 Å². The Hall–Kier alpha value is -3.32. The van der Waals surface area contributed by atoms with Crippen LogP contribution in [0.15, 0.2) is 36.5 Å².